The van der Waals surface area contributed by atoms with Crippen molar-refractivity contribution in [2.75, 3.05) is 24.7 Å². The minimum Gasteiger partial charge on any atom is -0.388 e. The predicted octanol–water partition coefficient (Wildman–Crippen LogP) is 0.820. The molecule has 0 aromatic heterocycles. The van der Waals surface area contributed by atoms with Gasteiger partial charge in [-0.15, -0.1) is 0 Å². The second-order valence-electron chi connectivity index (χ2n) is 4.70. The number of carbonyl (C=O) groups is 1. The van der Waals surface area contributed by atoms with Crippen LogP contribution in [0.5, 0.6) is 0 Å². The molecule has 104 valence electrons. The Morgan fingerprint density at radius 2 is 2.21 bits per heavy atom. The van der Waals surface area contributed by atoms with E-state index in [1.165, 1.54) is 0 Å². The Morgan fingerprint density at radius 3 is 2.79 bits per heavy atom. The van der Waals surface area contributed by atoms with Crippen molar-refractivity contribution in [3.05, 3.63) is 29.8 Å². The smallest absolute Gasteiger partial charge is 0.242 e. The Kier molecular flexibility index (Phi) is 4.39. The minimum absolute atomic E-state index is 0.328. The lowest BCUT2D eigenvalue weighted by atomic mass is 10.1. The van der Waals surface area contributed by atoms with Crippen LogP contribution in [-0.2, 0) is 9.53 Å². The lowest BCUT2D eigenvalue weighted by molar-refractivity contribution is -0.121. The predicted molar refractivity (Wildman–Crippen MR) is 72.8 cm³/mol. The van der Waals surface area contributed by atoms with Crippen LogP contribution in [0.3, 0.4) is 0 Å². The molecule has 1 heterocycles. The van der Waals surface area contributed by atoms with E-state index in [2.05, 4.69) is 0 Å². The van der Waals surface area contributed by atoms with E-state index < -0.39 is 12.1 Å². The number of ether oxygens (including phenoxy) is 1. The number of hydrogen-bond acceptors (Lipinski definition) is 4. The molecule has 0 saturated carbocycles. The summed E-state index contributed by atoms with van der Waals surface area (Å²) in [6.45, 7) is 3.49. The summed E-state index contributed by atoms with van der Waals surface area (Å²) < 4.78 is 5.29. The van der Waals surface area contributed by atoms with Gasteiger partial charge >= 0.3 is 0 Å². The maximum Gasteiger partial charge on any atom is 0.242 e. The zero-order valence-electron chi connectivity index (χ0n) is 11.1. The number of nitrogens with two attached hydrogens (primary N) is 1. The van der Waals surface area contributed by atoms with Crippen molar-refractivity contribution in [2.45, 2.75) is 25.5 Å². The van der Waals surface area contributed by atoms with Crippen LogP contribution >= 0.6 is 0 Å². The third-order valence-corrected chi connectivity index (χ3v) is 3.45. The fourth-order valence-corrected chi connectivity index (χ4v) is 2.27. The van der Waals surface area contributed by atoms with Gasteiger partial charge < -0.3 is 20.5 Å². The van der Waals surface area contributed by atoms with E-state index in [0.29, 0.717) is 26.2 Å². The number of carbonyl (C=O) groups excluding carboxylic acids is 1. The molecule has 1 aromatic rings. The number of nitrogens with zero attached hydrogens (tertiary/aromatic N) is 1. The van der Waals surface area contributed by atoms with E-state index in [-0.39, 0.29) is 5.91 Å². The first-order valence-corrected chi connectivity index (χ1v) is 6.55. The van der Waals surface area contributed by atoms with Crippen LogP contribution in [0.1, 0.15) is 25.0 Å². The average Bonchev–Trinajstić information content (AvgIpc) is 2.46. The summed E-state index contributed by atoms with van der Waals surface area (Å²) in [6.07, 6.45) is 0.242. The molecule has 5 nitrogen and oxygen atoms in total. The summed E-state index contributed by atoms with van der Waals surface area (Å²) in [6, 6.07) is 7.18. The quantitative estimate of drug-likeness (QED) is 0.844. The molecule has 2 rings (SSSR count). The molecule has 0 bridgehead atoms. The summed E-state index contributed by atoms with van der Waals surface area (Å²) in [5, 5.41) is 9.76. The molecular weight excluding hydrogens is 244 g/mol. The minimum atomic E-state index is -0.439. The molecule has 1 fully saturated rings. The summed E-state index contributed by atoms with van der Waals surface area (Å²) in [7, 11) is 0. The van der Waals surface area contributed by atoms with Crippen LogP contribution in [0.2, 0.25) is 0 Å². The number of hydrogen-bond donors (Lipinski definition) is 2. The summed E-state index contributed by atoms with van der Waals surface area (Å²) >= 11 is 0. The van der Waals surface area contributed by atoms with Gasteiger partial charge in [-0.1, -0.05) is 19.1 Å². The number of primary amides is 1. The van der Waals surface area contributed by atoms with Crippen molar-refractivity contribution >= 4 is 11.6 Å². The molecule has 2 unspecified atom stereocenters. The third-order valence-electron chi connectivity index (χ3n) is 3.45. The van der Waals surface area contributed by atoms with Gasteiger partial charge in [0.05, 0.1) is 19.3 Å². The van der Waals surface area contributed by atoms with E-state index >= 15 is 0 Å². The summed E-state index contributed by atoms with van der Waals surface area (Å²) in [5.74, 6) is -0.377. The van der Waals surface area contributed by atoms with Crippen LogP contribution < -0.4 is 10.6 Å². The van der Waals surface area contributed by atoms with Crippen molar-refractivity contribution in [3.8, 4) is 0 Å². The van der Waals surface area contributed by atoms with Gasteiger partial charge in [-0.25, -0.2) is 0 Å². The molecule has 1 aliphatic heterocycles. The largest absolute Gasteiger partial charge is 0.388 e. The number of anilines is 1. The van der Waals surface area contributed by atoms with Gasteiger partial charge in [-0.3, -0.25) is 4.79 Å². The van der Waals surface area contributed by atoms with Gasteiger partial charge in [0.25, 0.3) is 0 Å². The molecule has 5 heteroatoms. The Morgan fingerprint density at radius 1 is 1.53 bits per heavy atom. The number of rotatable bonds is 4. The highest BCUT2D eigenvalue weighted by Crippen LogP contribution is 2.23. The number of aliphatic hydroxyl groups excluding tert-OH is 1. The van der Waals surface area contributed by atoms with E-state index in [4.69, 9.17) is 10.5 Å². The van der Waals surface area contributed by atoms with Crippen LogP contribution in [0, 0.1) is 0 Å². The second-order valence-corrected chi connectivity index (χ2v) is 4.70. The maximum absolute atomic E-state index is 11.4. The Hall–Kier alpha value is -1.59. The molecule has 0 radical (unpaired) electrons. The summed E-state index contributed by atoms with van der Waals surface area (Å²) in [4.78, 5) is 13.4. The fraction of sp³-hybridized carbons (Fsp3) is 0.500. The van der Waals surface area contributed by atoms with Crippen molar-refractivity contribution in [1.82, 2.24) is 0 Å². The molecular formula is C14H20N2O3. The van der Waals surface area contributed by atoms with Gasteiger partial charge in [0, 0.05) is 12.2 Å². The first kappa shape index (κ1) is 13.8. The standard InChI is InChI=1S/C14H20N2O3/c1-2-13(17)10-3-5-11(6-4-10)16-7-8-19-9-12(16)14(15)18/h3-6,12-13,17H,2,7-9H2,1H3,(H2,15,18). The lowest BCUT2D eigenvalue weighted by Crippen LogP contribution is -2.52. The highest BCUT2D eigenvalue weighted by atomic mass is 16.5. The van der Waals surface area contributed by atoms with Gasteiger partial charge in [0.15, 0.2) is 0 Å². The Labute approximate surface area is 113 Å². The molecule has 1 aliphatic rings. The number of morpholine rings is 1. The molecule has 0 spiro atoms. The van der Waals surface area contributed by atoms with Crippen molar-refractivity contribution in [1.29, 1.82) is 0 Å². The monoisotopic (exact) mass is 264 g/mol. The molecule has 3 N–H and O–H groups in total. The molecule has 19 heavy (non-hydrogen) atoms. The SMILES string of the molecule is CCC(O)c1ccc(N2CCOCC2C(N)=O)cc1. The van der Waals surface area contributed by atoms with Crippen LogP contribution in [0.25, 0.3) is 0 Å². The van der Waals surface area contributed by atoms with Crippen LogP contribution in [-0.4, -0.2) is 36.8 Å². The topological polar surface area (TPSA) is 75.8 Å². The van der Waals surface area contributed by atoms with Crippen molar-refractivity contribution in [3.63, 3.8) is 0 Å². The maximum atomic E-state index is 11.4. The number of aliphatic hydroxyl groups is 1. The first-order chi connectivity index (χ1) is 9.13. The lowest BCUT2D eigenvalue weighted by Gasteiger charge is -2.35. The Bertz CT molecular complexity index is 433. The molecule has 1 saturated heterocycles. The van der Waals surface area contributed by atoms with Crippen LogP contribution in [0.15, 0.2) is 24.3 Å². The van der Waals surface area contributed by atoms with Gasteiger partial charge in [-0.05, 0) is 24.1 Å². The molecule has 1 amide bonds. The van der Waals surface area contributed by atoms with Gasteiger partial charge in [0.1, 0.15) is 6.04 Å². The highest BCUT2D eigenvalue weighted by Gasteiger charge is 2.27. The van der Waals surface area contributed by atoms with Crippen LogP contribution in [0.4, 0.5) is 5.69 Å². The highest BCUT2D eigenvalue weighted by molar-refractivity contribution is 5.84. The third kappa shape index (κ3) is 3.05. The normalized spacial score (nSPS) is 21.2. The van der Waals surface area contributed by atoms with E-state index in [9.17, 15) is 9.90 Å². The number of benzene rings is 1. The zero-order valence-corrected chi connectivity index (χ0v) is 11.1. The molecule has 0 aliphatic carbocycles. The second kappa shape index (κ2) is 6.04. The zero-order chi connectivity index (χ0) is 13.8. The van der Waals surface area contributed by atoms with E-state index in [1.54, 1.807) is 0 Å². The van der Waals surface area contributed by atoms with E-state index in [0.717, 1.165) is 11.3 Å². The molecule has 1 aromatic carbocycles. The van der Waals surface area contributed by atoms with Crippen molar-refractivity contribution < 1.29 is 14.6 Å². The Balaban J connectivity index is 2.18. The summed E-state index contributed by atoms with van der Waals surface area (Å²) in [5.41, 5.74) is 7.21. The number of amides is 1. The fourth-order valence-electron chi connectivity index (χ4n) is 2.27. The van der Waals surface area contributed by atoms with Gasteiger partial charge in [0.2, 0.25) is 5.91 Å². The average molecular weight is 264 g/mol. The first-order valence-electron chi connectivity index (χ1n) is 6.55. The molecule has 2 atom stereocenters. The van der Waals surface area contributed by atoms with Crippen molar-refractivity contribution in [2.24, 2.45) is 5.73 Å². The van der Waals surface area contributed by atoms with Gasteiger partial charge in [-0.2, -0.15) is 0 Å². The van der Waals surface area contributed by atoms with E-state index in [1.807, 2.05) is 36.1 Å².